The van der Waals surface area contributed by atoms with Gasteiger partial charge in [0.25, 0.3) is 0 Å². The molecule has 22 heavy (non-hydrogen) atoms. The summed E-state index contributed by atoms with van der Waals surface area (Å²) in [7, 11) is 0. The Bertz CT molecular complexity index is 597. The average molecular weight is 299 g/mol. The van der Waals surface area contributed by atoms with E-state index >= 15 is 0 Å². The maximum absolute atomic E-state index is 12.9. The number of benzene rings is 1. The van der Waals surface area contributed by atoms with E-state index < -0.39 is 6.10 Å². The normalized spacial score (nSPS) is 31.5. The molecular formula is C19H25NO2. The summed E-state index contributed by atoms with van der Waals surface area (Å²) in [6.45, 7) is 5.02. The van der Waals surface area contributed by atoms with Crippen LogP contribution in [0, 0.1) is 13.8 Å². The maximum Gasteiger partial charge on any atom is 0.233 e. The van der Waals surface area contributed by atoms with E-state index in [0.29, 0.717) is 0 Å². The molecule has 1 aromatic carbocycles. The predicted molar refractivity (Wildman–Crippen MR) is 86.0 cm³/mol. The molecule has 3 unspecified atom stereocenters. The monoisotopic (exact) mass is 299 g/mol. The van der Waals surface area contributed by atoms with Crippen LogP contribution in [0.2, 0.25) is 0 Å². The Morgan fingerprint density at radius 3 is 2.36 bits per heavy atom. The molecule has 2 saturated heterocycles. The summed E-state index contributed by atoms with van der Waals surface area (Å²) in [5, 5.41) is 10.8. The van der Waals surface area contributed by atoms with Crippen molar-refractivity contribution in [3.63, 3.8) is 0 Å². The average Bonchev–Trinajstić information content (AvgIpc) is 3.31. The molecule has 1 N–H and O–H groups in total. The first kappa shape index (κ1) is 14.3. The van der Waals surface area contributed by atoms with Gasteiger partial charge >= 0.3 is 0 Å². The third-order valence-corrected chi connectivity index (χ3v) is 5.81. The van der Waals surface area contributed by atoms with Gasteiger partial charge in [0.15, 0.2) is 0 Å². The first-order valence-electron chi connectivity index (χ1n) is 8.67. The molecule has 3 fully saturated rings. The fourth-order valence-corrected chi connectivity index (χ4v) is 4.58. The van der Waals surface area contributed by atoms with Gasteiger partial charge in [-0.15, -0.1) is 0 Å². The fraction of sp³-hybridized carbons (Fsp3) is 0.632. The molecule has 1 aliphatic carbocycles. The molecule has 1 aromatic rings. The van der Waals surface area contributed by atoms with Crippen molar-refractivity contribution in [3.8, 4) is 0 Å². The predicted octanol–water partition coefficient (Wildman–Crippen LogP) is 3.02. The molecule has 0 aromatic heterocycles. The van der Waals surface area contributed by atoms with Crippen LogP contribution in [0.1, 0.15) is 66.2 Å². The van der Waals surface area contributed by atoms with Crippen LogP contribution < -0.4 is 0 Å². The summed E-state index contributed by atoms with van der Waals surface area (Å²) >= 11 is 0. The van der Waals surface area contributed by atoms with Crippen LogP contribution in [0.4, 0.5) is 0 Å². The fourth-order valence-electron chi connectivity index (χ4n) is 4.58. The van der Waals surface area contributed by atoms with Crippen molar-refractivity contribution in [3.05, 3.63) is 34.4 Å². The Morgan fingerprint density at radius 2 is 1.77 bits per heavy atom. The number of nitrogens with zero attached hydrogens (tertiary/aromatic N) is 1. The van der Waals surface area contributed by atoms with Crippen LogP contribution in [-0.4, -0.2) is 34.6 Å². The zero-order valence-corrected chi connectivity index (χ0v) is 13.5. The van der Waals surface area contributed by atoms with E-state index in [1.807, 2.05) is 4.90 Å². The van der Waals surface area contributed by atoms with Crippen molar-refractivity contribution >= 4 is 5.91 Å². The lowest BCUT2D eigenvalue weighted by Gasteiger charge is -2.30. The number of carbonyl (C=O) groups is 1. The molecule has 0 spiro atoms. The highest BCUT2D eigenvalue weighted by Gasteiger charge is 2.49. The quantitative estimate of drug-likeness (QED) is 0.912. The van der Waals surface area contributed by atoms with Crippen LogP contribution >= 0.6 is 0 Å². The van der Waals surface area contributed by atoms with E-state index in [9.17, 15) is 9.90 Å². The standard InChI is InChI=1S/C19H25NO2/c1-11-9-14(13-6-7-13)10-12(2)16(11)17-18(21)15-5-3-4-8-20(15)19(17)22/h9-10,13,15,17-18,21H,3-8H2,1-2H3. The van der Waals surface area contributed by atoms with Gasteiger partial charge in [0.2, 0.25) is 5.91 Å². The first-order valence-corrected chi connectivity index (χ1v) is 8.67. The number of rotatable bonds is 2. The van der Waals surface area contributed by atoms with Gasteiger partial charge in [-0.25, -0.2) is 0 Å². The van der Waals surface area contributed by atoms with Crippen molar-refractivity contribution in [2.45, 2.75) is 69.9 Å². The SMILES string of the molecule is Cc1cc(C2CC2)cc(C)c1C1C(=O)N2CCCCC2C1O. The number of aliphatic hydroxyl groups is 1. The summed E-state index contributed by atoms with van der Waals surface area (Å²) in [5.74, 6) is 0.515. The Kier molecular flexibility index (Phi) is 3.30. The van der Waals surface area contributed by atoms with E-state index in [1.54, 1.807) is 0 Å². The molecule has 118 valence electrons. The zero-order valence-electron chi connectivity index (χ0n) is 13.5. The van der Waals surface area contributed by atoms with Gasteiger partial charge in [-0.3, -0.25) is 4.79 Å². The lowest BCUT2D eigenvalue weighted by molar-refractivity contribution is -0.130. The van der Waals surface area contributed by atoms with Crippen LogP contribution in [0.15, 0.2) is 12.1 Å². The van der Waals surface area contributed by atoms with Gasteiger partial charge in [0.05, 0.1) is 18.1 Å². The number of hydrogen-bond donors (Lipinski definition) is 1. The van der Waals surface area contributed by atoms with Gasteiger partial charge in [0, 0.05) is 6.54 Å². The second kappa shape index (κ2) is 5.09. The van der Waals surface area contributed by atoms with Crippen molar-refractivity contribution in [2.75, 3.05) is 6.54 Å². The zero-order chi connectivity index (χ0) is 15.4. The number of aryl methyl sites for hydroxylation is 2. The minimum Gasteiger partial charge on any atom is -0.390 e. The highest BCUT2D eigenvalue weighted by Crippen LogP contribution is 2.44. The molecule has 3 heteroatoms. The minimum absolute atomic E-state index is 0.0353. The Morgan fingerprint density at radius 1 is 1.09 bits per heavy atom. The van der Waals surface area contributed by atoms with E-state index in [1.165, 1.54) is 29.5 Å². The Labute approximate surface area is 132 Å². The van der Waals surface area contributed by atoms with Crippen molar-refractivity contribution in [1.82, 2.24) is 4.90 Å². The minimum atomic E-state index is -0.544. The van der Waals surface area contributed by atoms with E-state index in [4.69, 9.17) is 0 Å². The molecule has 2 aliphatic heterocycles. The molecule has 3 atom stereocenters. The van der Waals surface area contributed by atoms with Crippen LogP contribution in [0.25, 0.3) is 0 Å². The molecule has 4 rings (SSSR count). The van der Waals surface area contributed by atoms with Crippen molar-refractivity contribution in [1.29, 1.82) is 0 Å². The second-order valence-electron chi connectivity index (χ2n) is 7.41. The molecule has 0 radical (unpaired) electrons. The van der Waals surface area contributed by atoms with Gasteiger partial charge in [0.1, 0.15) is 0 Å². The highest BCUT2D eigenvalue weighted by atomic mass is 16.3. The van der Waals surface area contributed by atoms with Gasteiger partial charge in [-0.05, 0) is 74.1 Å². The van der Waals surface area contributed by atoms with E-state index in [2.05, 4.69) is 26.0 Å². The van der Waals surface area contributed by atoms with Crippen molar-refractivity contribution < 1.29 is 9.90 Å². The maximum atomic E-state index is 12.9. The van der Waals surface area contributed by atoms with Crippen molar-refractivity contribution in [2.24, 2.45) is 0 Å². The largest absolute Gasteiger partial charge is 0.390 e. The third-order valence-electron chi connectivity index (χ3n) is 5.81. The molecule has 2 heterocycles. The Hall–Kier alpha value is -1.35. The number of piperidine rings is 1. The molecule has 1 saturated carbocycles. The summed E-state index contributed by atoms with van der Waals surface area (Å²) in [6.07, 6.45) is 5.17. The third kappa shape index (κ3) is 2.10. The number of aliphatic hydroxyl groups excluding tert-OH is 1. The lowest BCUT2D eigenvalue weighted by Crippen LogP contribution is -2.40. The summed E-state index contributed by atoms with van der Waals surface area (Å²) in [5.41, 5.74) is 4.85. The number of hydrogen-bond acceptors (Lipinski definition) is 2. The van der Waals surface area contributed by atoms with Crippen LogP contribution in [0.3, 0.4) is 0 Å². The second-order valence-corrected chi connectivity index (χ2v) is 7.41. The lowest BCUT2D eigenvalue weighted by atomic mass is 9.84. The number of amides is 1. The topological polar surface area (TPSA) is 40.5 Å². The Balaban J connectivity index is 1.73. The smallest absolute Gasteiger partial charge is 0.233 e. The van der Waals surface area contributed by atoms with Crippen LogP contribution in [-0.2, 0) is 4.79 Å². The van der Waals surface area contributed by atoms with Gasteiger partial charge in [-0.1, -0.05) is 12.1 Å². The van der Waals surface area contributed by atoms with Gasteiger partial charge in [-0.2, -0.15) is 0 Å². The highest BCUT2D eigenvalue weighted by molar-refractivity contribution is 5.88. The molecule has 3 aliphatic rings. The summed E-state index contributed by atoms with van der Waals surface area (Å²) in [4.78, 5) is 14.8. The molecule has 0 bridgehead atoms. The van der Waals surface area contributed by atoms with E-state index in [-0.39, 0.29) is 17.9 Å². The number of carbonyl (C=O) groups excluding carboxylic acids is 1. The van der Waals surface area contributed by atoms with Crippen LogP contribution in [0.5, 0.6) is 0 Å². The first-order chi connectivity index (χ1) is 10.6. The number of fused-ring (bicyclic) bond motifs is 1. The molecular weight excluding hydrogens is 274 g/mol. The van der Waals surface area contributed by atoms with Gasteiger partial charge < -0.3 is 10.0 Å². The summed E-state index contributed by atoms with van der Waals surface area (Å²) in [6, 6.07) is 4.53. The van der Waals surface area contributed by atoms with E-state index in [0.717, 1.165) is 37.3 Å². The molecule has 1 amide bonds. The molecule has 3 nitrogen and oxygen atoms in total. The summed E-state index contributed by atoms with van der Waals surface area (Å²) < 4.78 is 0.